The van der Waals surface area contributed by atoms with Gasteiger partial charge in [-0.1, -0.05) is 4.49 Å². The van der Waals surface area contributed by atoms with Gasteiger partial charge in [-0.3, -0.25) is 11.3 Å². The molecule has 5 nitrogen and oxygen atoms in total. The second kappa shape index (κ2) is 5.67. The van der Waals surface area contributed by atoms with E-state index in [4.69, 9.17) is 10.6 Å². The van der Waals surface area contributed by atoms with Crippen LogP contribution < -0.4 is 11.3 Å². The molecule has 0 aromatic carbocycles. The van der Waals surface area contributed by atoms with Gasteiger partial charge in [-0.05, 0) is 45.1 Å². The minimum Gasteiger partial charge on any atom is -0.379 e. The van der Waals surface area contributed by atoms with Crippen LogP contribution >= 0.6 is 11.5 Å². The Morgan fingerprint density at radius 1 is 1.56 bits per heavy atom. The maximum Gasteiger partial charge on any atom is 0.0773 e. The summed E-state index contributed by atoms with van der Waals surface area (Å²) in [5.74, 6) is 5.56. The molecule has 1 aromatic heterocycles. The highest BCUT2D eigenvalue weighted by atomic mass is 32.1. The number of aryl methyl sites for hydroxylation is 1. The van der Waals surface area contributed by atoms with E-state index in [0.717, 1.165) is 23.4 Å². The molecule has 0 amide bonds. The van der Waals surface area contributed by atoms with Crippen molar-refractivity contribution in [1.29, 1.82) is 0 Å². The maximum atomic E-state index is 5.56. The molecule has 0 aliphatic heterocycles. The molecule has 6 heteroatoms. The Hall–Kier alpha value is -0.560. The molecular formula is C10H20N4OS. The summed E-state index contributed by atoms with van der Waals surface area (Å²) in [6.45, 7) is 6.08. The van der Waals surface area contributed by atoms with E-state index in [1.54, 1.807) is 7.11 Å². The predicted octanol–water partition coefficient (Wildman–Crippen LogP) is 1.56. The van der Waals surface area contributed by atoms with E-state index in [0.29, 0.717) is 0 Å². The van der Waals surface area contributed by atoms with Crippen LogP contribution in [0.1, 0.15) is 43.3 Å². The van der Waals surface area contributed by atoms with Crippen LogP contribution in [-0.4, -0.2) is 22.3 Å². The van der Waals surface area contributed by atoms with Crippen LogP contribution in [0.4, 0.5) is 0 Å². The Bertz CT molecular complexity index is 326. The first-order valence-electron chi connectivity index (χ1n) is 5.30. The number of methoxy groups -OCH3 is 1. The first-order valence-corrected chi connectivity index (χ1v) is 6.07. The number of rotatable bonds is 6. The lowest BCUT2D eigenvalue weighted by atomic mass is 9.98. The third-order valence-corrected chi connectivity index (χ3v) is 3.73. The molecule has 1 atom stereocenters. The average molecular weight is 244 g/mol. The zero-order chi connectivity index (χ0) is 12.2. The fourth-order valence-corrected chi connectivity index (χ4v) is 2.18. The molecule has 0 radical (unpaired) electrons. The molecule has 0 aliphatic rings. The molecule has 1 unspecified atom stereocenters. The van der Waals surface area contributed by atoms with Gasteiger partial charge in [0.1, 0.15) is 0 Å². The summed E-state index contributed by atoms with van der Waals surface area (Å²) in [6.07, 6.45) is 1.83. The Kier molecular flexibility index (Phi) is 4.79. The number of hydrazine groups is 1. The minimum absolute atomic E-state index is 0.106. The Morgan fingerprint density at radius 2 is 2.25 bits per heavy atom. The van der Waals surface area contributed by atoms with Crippen molar-refractivity contribution in [3.8, 4) is 0 Å². The number of nitrogens with two attached hydrogens (primary N) is 1. The SMILES string of the molecule is COC(C)(C)CCC(NN)c1snnc1C. The molecule has 3 N–H and O–H groups in total. The molecule has 1 rings (SSSR count). The van der Waals surface area contributed by atoms with Gasteiger partial charge in [-0.2, -0.15) is 0 Å². The van der Waals surface area contributed by atoms with E-state index in [-0.39, 0.29) is 11.6 Å². The van der Waals surface area contributed by atoms with E-state index < -0.39 is 0 Å². The predicted molar refractivity (Wildman–Crippen MR) is 65.0 cm³/mol. The number of hydrogen-bond acceptors (Lipinski definition) is 6. The zero-order valence-corrected chi connectivity index (χ0v) is 11.1. The molecule has 0 bridgehead atoms. The van der Waals surface area contributed by atoms with Gasteiger partial charge in [0, 0.05) is 7.11 Å². The quantitative estimate of drug-likeness (QED) is 0.587. The van der Waals surface area contributed by atoms with Crippen molar-refractivity contribution in [1.82, 2.24) is 15.0 Å². The van der Waals surface area contributed by atoms with Crippen LogP contribution in [0.3, 0.4) is 0 Å². The second-order valence-electron chi connectivity index (χ2n) is 4.44. The largest absolute Gasteiger partial charge is 0.379 e. The van der Waals surface area contributed by atoms with Gasteiger partial charge in [0.05, 0.1) is 22.2 Å². The van der Waals surface area contributed by atoms with Crippen molar-refractivity contribution in [3.05, 3.63) is 10.6 Å². The summed E-state index contributed by atoms with van der Waals surface area (Å²) >= 11 is 1.40. The molecule has 0 aliphatic carbocycles. The lowest BCUT2D eigenvalue weighted by molar-refractivity contribution is 0.0117. The van der Waals surface area contributed by atoms with Crippen molar-refractivity contribution in [2.75, 3.05) is 7.11 Å². The number of aromatic nitrogens is 2. The topological polar surface area (TPSA) is 73.1 Å². The van der Waals surface area contributed by atoms with Crippen molar-refractivity contribution in [3.63, 3.8) is 0 Å². The summed E-state index contributed by atoms with van der Waals surface area (Å²) in [6, 6.07) is 0.106. The third kappa shape index (κ3) is 3.48. The van der Waals surface area contributed by atoms with Gasteiger partial charge in [-0.25, -0.2) is 0 Å². The van der Waals surface area contributed by atoms with Crippen molar-refractivity contribution in [2.24, 2.45) is 5.84 Å². The highest BCUT2D eigenvalue weighted by molar-refractivity contribution is 7.05. The van der Waals surface area contributed by atoms with Crippen LogP contribution in [0.25, 0.3) is 0 Å². The zero-order valence-electron chi connectivity index (χ0n) is 10.3. The summed E-state index contributed by atoms with van der Waals surface area (Å²) in [7, 11) is 1.73. The smallest absolute Gasteiger partial charge is 0.0773 e. The van der Waals surface area contributed by atoms with Crippen LogP contribution in [0.15, 0.2) is 0 Å². The molecule has 0 fully saturated rings. The van der Waals surface area contributed by atoms with Gasteiger partial charge in [0.2, 0.25) is 0 Å². The summed E-state index contributed by atoms with van der Waals surface area (Å²) in [5, 5.41) is 3.99. The number of nitrogens with zero attached hydrogens (tertiary/aromatic N) is 2. The average Bonchev–Trinajstić information content (AvgIpc) is 2.66. The maximum absolute atomic E-state index is 5.56. The molecular weight excluding hydrogens is 224 g/mol. The molecule has 0 saturated carbocycles. The highest BCUT2D eigenvalue weighted by Crippen LogP contribution is 2.27. The second-order valence-corrected chi connectivity index (χ2v) is 5.23. The van der Waals surface area contributed by atoms with E-state index in [9.17, 15) is 0 Å². The lowest BCUT2D eigenvalue weighted by Crippen LogP contribution is -2.31. The normalized spacial score (nSPS) is 14.1. The summed E-state index contributed by atoms with van der Waals surface area (Å²) < 4.78 is 9.30. The molecule has 0 spiro atoms. The molecule has 1 heterocycles. The molecule has 16 heavy (non-hydrogen) atoms. The van der Waals surface area contributed by atoms with Crippen LogP contribution in [0.5, 0.6) is 0 Å². The molecule has 92 valence electrons. The fraction of sp³-hybridized carbons (Fsp3) is 0.800. The van der Waals surface area contributed by atoms with Gasteiger partial charge < -0.3 is 4.74 Å². The van der Waals surface area contributed by atoms with Gasteiger partial charge in [0.15, 0.2) is 0 Å². The van der Waals surface area contributed by atoms with E-state index in [1.807, 2.05) is 6.92 Å². The van der Waals surface area contributed by atoms with Gasteiger partial charge in [0.25, 0.3) is 0 Å². The van der Waals surface area contributed by atoms with Crippen LogP contribution in [0, 0.1) is 6.92 Å². The number of nitrogens with one attached hydrogen (secondary N) is 1. The third-order valence-electron chi connectivity index (χ3n) is 2.79. The van der Waals surface area contributed by atoms with Crippen LogP contribution in [-0.2, 0) is 4.74 Å². The Balaban J connectivity index is 2.60. The van der Waals surface area contributed by atoms with Crippen molar-refractivity contribution >= 4 is 11.5 Å². The van der Waals surface area contributed by atoms with Gasteiger partial charge in [-0.15, -0.1) is 5.10 Å². The highest BCUT2D eigenvalue weighted by Gasteiger charge is 2.22. The van der Waals surface area contributed by atoms with Crippen molar-refractivity contribution < 1.29 is 4.74 Å². The first-order chi connectivity index (χ1) is 7.50. The van der Waals surface area contributed by atoms with Gasteiger partial charge >= 0.3 is 0 Å². The minimum atomic E-state index is -0.124. The van der Waals surface area contributed by atoms with Crippen LogP contribution in [0.2, 0.25) is 0 Å². The van der Waals surface area contributed by atoms with Crippen molar-refractivity contribution in [2.45, 2.75) is 45.3 Å². The Morgan fingerprint density at radius 3 is 2.69 bits per heavy atom. The molecule has 0 saturated heterocycles. The summed E-state index contributed by atoms with van der Waals surface area (Å²) in [4.78, 5) is 1.11. The molecule has 1 aromatic rings. The lowest BCUT2D eigenvalue weighted by Gasteiger charge is -2.25. The Labute approximate surface area is 101 Å². The fourth-order valence-electron chi connectivity index (χ4n) is 1.44. The number of hydrogen-bond donors (Lipinski definition) is 2. The van der Waals surface area contributed by atoms with E-state index in [1.165, 1.54) is 11.5 Å². The first kappa shape index (κ1) is 13.5. The number of ether oxygens (including phenoxy) is 1. The van der Waals surface area contributed by atoms with E-state index in [2.05, 4.69) is 28.9 Å². The standard InChI is InChI=1S/C10H20N4OS/c1-7-9(16-14-13-7)8(12-11)5-6-10(2,3)15-4/h8,12H,5-6,11H2,1-4H3. The summed E-state index contributed by atoms with van der Waals surface area (Å²) in [5.41, 5.74) is 3.64. The monoisotopic (exact) mass is 244 g/mol. The van der Waals surface area contributed by atoms with E-state index >= 15 is 0 Å².